The molecule has 0 N–H and O–H groups in total. The number of thiocarbonyl (C=S) groups is 1. The van der Waals surface area contributed by atoms with Gasteiger partial charge in [-0.2, -0.15) is 0 Å². The summed E-state index contributed by atoms with van der Waals surface area (Å²) in [5.74, 6) is 0.583. The van der Waals surface area contributed by atoms with Gasteiger partial charge in [-0.3, -0.25) is 18.9 Å². The highest BCUT2D eigenvalue weighted by Gasteiger charge is 2.32. The minimum atomic E-state index is -0.226. The van der Waals surface area contributed by atoms with Crippen molar-refractivity contribution in [3.05, 3.63) is 105 Å². The average Bonchev–Trinajstić information content (AvgIpc) is 3.18. The van der Waals surface area contributed by atoms with Crippen molar-refractivity contribution in [3.63, 3.8) is 0 Å². The summed E-state index contributed by atoms with van der Waals surface area (Å²) in [7, 11) is 1.63. The molecule has 1 saturated heterocycles. The molecular formula is C28H23N3O3S3. The van der Waals surface area contributed by atoms with Crippen LogP contribution in [0, 0.1) is 6.92 Å². The first-order valence-electron chi connectivity index (χ1n) is 11.6. The SMILES string of the molecule is COc1ccc(CCN2C(=O)C(=Cc3c(Sc4ccccc4)nc4ccc(C)cn4c3=O)SC2=S)cc1. The average molecular weight is 546 g/mol. The number of aryl methyl sites for hydroxylation is 1. The Morgan fingerprint density at radius 2 is 1.81 bits per heavy atom. The number of methoxy groups -OCH3 is 1. The van der Waals surface area contributed by atoms with Crippen LogP contribution < -0.4 is 10.3 Å². The van der Waals surface area contributed by atoms with Gasteiger partial charge in [0, 0.05) is 17.6 Å². The molecule has 37 heavy (non-hydrogen) atoms. The number of pyridine rings is 1. The molecule has 1 aliphatic heterocycles. The summed E-state index contributed by atoms with van der Waals surface area (Å²) in [5.41, 5.74) is 2.71. The Bertz CT molecular complexity index is 1580. The standard InChI is InChI=1S/C28H23N3O3S3/c1-18-8-13-24-29-25(36-21-6-4-3-5-7-21)22(26(32)31(24)17-18)16-23-27(33)30(28(35)37-23)15-14-19-9-11-20(34-2)12-10-19/h3-13,16-17H,14-15H2,1-2H3. The van der Waals surface area contributed by atoms with E-state index in [1.807, 2.05) is 73.7 Å². The number of carbonyl (C=O) groups excluding carboxylic acids is 1. The fourth-order valence-electron chi connectivity index (χ4n) is 3.90. The largest absolute Gasteiger partial charge is 0.497 e. The zero-order valence-electron chi connectivity index (χ0n) is 20.2. The second kappa shape index (κ2) is 10.9. The number of thioether (sulfide) groups is 1. The molecule has 0 bridgehead atoms. The van der Waals surface area contributed by atoms with Gasteiger partial charge < -0.3 is 4.74 Å². The Morgan fingerprint density at radius 1 is 1.05 bits per heavy atom. The summed E-state index contributed by atoms with van der Waals surface area (Å²) >= 11 is 8.15. The van der Waals surface area contributed by atoms with E-state index < -0.39 is 0 Å². The Morgan fingerprint density at radius 3 is 2.54 bits per heavy atom. The van der Waals surface area contributed by atoms with E-state index >= 15 is 0 Å². The summed E-state index contributed by atoms with van der Waals surface area (Å²) in [5, 5.41) is 0.545. The fraction of sp³-hybridized carbons (Fsp3) is 0.143. The highest BCUT2D eigenvalue weighted by atomic mass is 32.2. The monoisotopic (exact) mass is 545 g/mol. The molecule has 0 aliphatic carbocycles. The molecular weight excluding hydrogens is 523 g/mol. The summed E-state index contributed by atoms with van der Waals surface area (Å²) < 4.78 is 7.22. The topological polar surface area (TPSA) is 63.9 Å². The number of nitrogens with zero attached hydrogens (tertiary/aromatic N) is 3. The van der Waals surface area contributed by atoms with Gasteiger partial charge in [0.25, 0.3) is 11.5 Å². The van der Waals surface area contributed by atoms with E-state index in [9.17, 15) is 9.59 Å². The molecule has 186 valence electrons. The van der Waals surface area contributed by atoms with E-state index in [4.69, 9.17) is 21.9 Å². The zero-order valence-corrected chi connectivity index (χ0v) is 22.7. The van der Waals surface area contributed by atoms with Gasteiger partial charge in [0.15, 0.2) is 0 Å². The number of benzene rings is 2. The smallest absolute Gasteiger partial charge is 0.266 e. The van der Waals surface area contributed by atoms with Crippen LogP contribution >= 0.6 is 35.7 Å². The predicted octanol–water partition coefficient (Wildman–Crippen LogP) is 5.61. The van der Waals surface area contributed by atoms with Gasteiger partial charge in [-0.05, 0) is 60.9 Å². The van der Waals surface area contributed by atoms with Gasteiger partial charge in [0.2, 0.25) is 0 Å². The van der Waals surface area contributed by atoms with E-state index in [2.05, 4.69) is 0 Å². The lowest BCUT2D eigenvalue weighted by Gasteiger charge is -2.14. The van der Waals surface area contributed by atoms with Crippen LogP contribution in [0.2, 0.25) is 0 Å². The molecule has 0 unspecified atom stereocenters. The maximum atomic E-state index is 13.6. The number of rotatable bonds is 7. The highest BCUT2D eigenvalue weighted by molar-refractivity contribution is 8.26. The highest BCUT2D eigenvalue weighted by Crippen LogP contribution is 2.35. The van der Waals surface area contributed by atoms with Crippen molar-refractivity contribution >= 4 is 57.7 Å². The maximum Gasteiger partial charge on any atom is 0.266 e. The lowest BCUT2D eigenvalue weighted by atomic mass is 10.1. The van der Waals surface area contributed by atoms with Gasteiger partial charge in [0.05, 0.1) is 17.6 Å². The number of carbonyl (C=O) groups is 1. The predicted molar refractivity (Wildman–Crippen MR) is 153 cm³/mol. The first-order valence-corrected chi connectivity index (χ1v) is 13.6. The molecule has 5 rings (SSSR count). The Hall–Kier alpha value is -3.40. The minimum Gasteiger partial charge on any atom is -0.497 e. The first-order chi connectivity index (χ1) is 17.9. The van der Waals surface area contributed by atoms with Crippen LogP contribution in [0.4, 0.5) is 0 Å². The van der Waals surface area contributed by atoms with Crippen LogP contribution in [0.25, 0.3) is 11.7 Å². The number of amides is 1. The summed E-state index contributed by atoms with van der Waals surface area (Å²) in [6, 6.07) is 21.2. The van der Waals surface area contributed by atoms with E-state index in [1.165, 1.54) is 27.9 Å². The summed E-state index contributed by atoms with van der Waals surface area (Å²) in [4.78, 5) is 34.7. The number of aromatic nitrogens is 2. The Balaban J connectivity index is 1.48. The quantitative estimate of drug-likeness (QED) is 0.170. The van der Waals surface area contributed by atoms with E-state index in [0.29, 0.717) is 38.4 Å². The van der Waals surface area contributed by atoms with Crippen molar-refractivity contribution in [3.8, 4) is 5.75 Å². The van der Waals surface area contributed by atoms with Crippen LogP contribution in [-0.4, -0.2) is 38.2 Å². The van der Waals surface area contributed by atoms with Crippen LogP contribution in [0.15, 0.2) is 92.5 Å². The Labute approximate surface area is 228 Å². The molecule has 0 radical (unpaired) electrons. The minimum absolute atomic E-state index is 0.201. The van der Waals surface area contributed by atoms with Crippen molar-refractivity contribution in [2.45, 2.75) is 23.3 Å². The molecule has 9 heteroatoms. The Kier molecular flexibility index (Phi) is 7.45. The molecule has 4 aromatic rings. The van der Waals surface area contributed by atoms with Crippen LogP contribution in [0.1, 0.15) is 16.7 Å². The van der Waals surface area contributed by atoms with E-state index in [1.54, 1.807) is 24.3 Å². The second-order valence-electron chi connectivity index (χ2n) is 8.42. The molecule has 0 atom stereocenters. The van der Waals surface area contributed by atoms with Crippen molar-refractivity contribution < 1.29 is 9.53 Å². The third-order valence-corrected chi connectivity index (χ3v) is 8.25. The summed E-state index contributed by atoms with van der Waals surface area (Å²) in [6.45, 7) is 2.38. The molecule has 0 spiro atoms. The fourth-order valence-corrected chi connectivity index (χ4v) is 6.10. The van der Waals surface area contributed by atoms with Gasteiger partial charge in [0.1, 0.15) is 20.7 Å². The van der Waals surface area contributed by atoms with Gasteiger partial charge >= 0.3 is 0 Å². The second-order valence-corrected chi connectivity index (χ2v) is 11.2. The normalized spacial score (nSPS) is 14.6. The summed E-state index contributed by atoms with van der Waals surface area (Å²) in [6.07, 6.45) is 4.05. The van der Waals surface area contributed by atoms with Crippen LogP contribution in [0.3, 0.4) is 0 Å². The molecule has 6 nitrogen and oxygen atoms in total. The number of hydrogen-bond acceptors (Lipinski definition) is 7. The molecule has 1 aliphatic rings. The molecule has 0 saturated carbocycles. The number of ether oxygens (including phenoxy) is 1. The molecule has 3 heterocycles. The lowest BCUT2D eigenvalue weighted by molar-refractivity contribution is -0.122. The van der Waals surface area contributed by atoms with Gasteiger partial charge in [-0.15, -0.1) is 0 Å². The van der Waals surface area contributed by atoms with Crippen LogP contribution in [-0.2, 0) is 11.2 Å². The van der Waals surface area contributed by atoms with E-state index in [0.717, 1.165) is 21.8 Å². The lowest BCUT2D eigenvalue weighted by Crippen LogP contribution is -2.30. The zero-order chi connectivity index (χ0) is 25.9. The van der Waals surface area contributed by atoms with Crippen molar-refractivity contribution in [2.75, 3.05) is 13.7 Å². The molecule has 2 aromatic carbocycles. The van der Waals surface area contributed by atoms with Crippen LogP contribution in [0.5, 0.6) is 5.75 Å². The maximum absolute atomic E-state index is 13.6. The van der Waals surface area contributed by atoms with Crippen molar-refractivity contribution in [1.82, 2.24) is 14.3 Å². The van der Waals surface area contributed by atoms with Gasteiger partial charge in [-0.1, -0.05) is 72.1 Å². The van der Waals surface area contributed by atoms with E-state index in [-0.39, 0.29) is 11.5 Å². The molecule has 2 aromatic heterocycles. The van der Waals surface area contributed by atoms with Gasteiger partial charge in [-0.25, -0.2) is 4.98 Å². The molecule has 1 amide bonds. The number of fused-ring (bicyclic) bond motifs is 1. The molecule has 1 fully saturated rings. The van der Waals surface area contributed by atoms with Crippen molar-refractivity contribution in [1.29, 1.82) is 0 Å². The number of hydrogen-bond donors (Lipinski definition) is 0. The third kappa shape index (κ3) is 5.49. The van der Waals surface area contributed by atoms with Crippen molar-refractivity contribution in [2.24, 2.45) is 0 Å². The third-order valence-electron chi connectivity index (χ3n) is 5.86. The first kappa shape index (κ1) is 25.3.